The Morgan fingerprint density at radius 3 is 2.00 bits per heavy atom. The summed E-state index contributed by atoms with van der Waals surface area (Å²) in [6.07, 6.45) is 9.47. The Hall–Kier alpha value is -0.0800. The Morgan fingerprint density at radius 2 is 1.59 bits per heavy atom. The quantitative estimate of drug-likeness (QED) is 0.525. The molecular weight excluding hydrogens is 212 g/mol. The van der Waals surface area contributed by atoms with Crippen molar-refractivity contribution in [2.45, 2.75) is 85.0 Å². The van der Waals surface area contributed by atoms with Gasteiger partial charge in [0.15, 0.2) is 6.29 Å². The Labute approximate surface area is 107 Å². The normalized spacial score (nSPS) is 24.0. The van der Waals surface area contributed by atoms with Crippen LogP contribution in [0.2, 0.25) is 0 Å². The van der Waals surface area contributed by atoms with Crippen molar-refractivity contribution in [2.75, 3.05) is 6.61 Å². The van der Waals surface area contributed by atoms with Crippen LogP contribution in [-0.4, -0.2) is 19.0 Å². The molecule has 1 rings (SSSR count). The van der Waals surface area contributed by atoms with Crippen LogP contribution in [0.1, 0.15) is 72.6 Å². The van der Waals surface area contributed by atoms with Crippen LogP contribution >= 0.6 is 0 Å². The molecule has 0 radical (unpaired) electrons. The predicted molar refractivity (Wildman–Crippen MR) is 72.1 cm³/mol. The van der Waals surface area contributed by atoms with Gasteiger partial charge in [0.25, 0.3) is 0 Å². The minimum atomic E-state index is 0.0914. The molecule has 0 N–H and O–H groups in total. The van der Waals surface area contributed by atoms with Gasteiger partial charge >= 0.3 is 0 Å². The van der Waals surface area contributed by atoms with Crippen molar-refractivity contribution in [2.24, 2.45) is 5.41 Å². The van der Waals surface area contributed by atoms with Gasteiger partial charge in [-0.15, -0.1) is 0 Å². The average molecular weight is 242 g/mol. The standard InChI is InChI=1S/C15H30O2/c1-5-9-11-15(7-3,12-10-6-2)13-14(17-13)16-8-4/h13-14H,5-12H2,1-4H3. The smallest absolute Gasteiger partial charge is 0.184 e. The largest absolute Gasteiger partial charge is 0.350 e. The Morgan fingerprint density at radius 1 is 1.00 bits per heavy atom. The fourth-order valence-corrected chi connectivity index (χ4v) is 2.85. The molecule has 1 aliphatic heterocycles. The van der Waals surface area contributed by atoms with Gasteiger partial charge in [-0.2, -0.15) is 0 Å². The van der Waals surface area contributed by atoms with Crippen LogP contribution in [0, 0.1) is 5.41 Å². The number of ether oxygens (including phenoxy) is 2. The first-order valence-corrected chi connectivity index (χ1v) is 7.51. The van der Waals surface area contributed by atoms with E-state index < -0.39 is 0 Å². The van der Waals surface area contributed by atoms with E-state index in [0.717, 1.165) is 6.61 Å². The highest BCUT2D eigenvalue weighted by Gasteiger charge is 2.53. The van der Waals surface area contributed by atoms with Gasteiger partial charge in [0, 0.05) is 12.0 Å². The molecule has 1 aliphatic rings. The second-order valence-corrected chi connectivity index (χ2v) is 5.30. The third-order valence-corrected chi connectivity index (χ3v) is 4.15. The second-order valence-electron chi connectivity index (χ2n) is 5.30. The predicted octanol–water partition coefficient (Wildman–Crippen LogP) is 4.52. The molecule has 0 aromatic carbocycles. The van der Waals surface area contributed by atoms with Crippen LogP contribution < -0.4 is 0 Å². The van der Waals surface area contributed by atoms with Crippen LogP contribution in [0.25, 0.3) is 0 Å². The molecule has 2 unspecified atom stereocenters. The molecule has 0 spiro atoms. The summed E-state index contributed by atoms with van der Waals surface area (Å²) >= 11 is 0. The molecule has 2 nitrogen and oxygen atoms in total. The molecule has 1 fully saturated rings. The SMILES string of the molecule is CCCCC(CC)(CCCC)C1OC1OCC. The highest BCUT2D eigenvalue weighted by molar-refractivity contribution is 4.96. The summed E-state index contributed by atoms with van der Waals surface area (Å²) in [5.41, 5.74) is 0.381. The van der Waals surface area contributed by atoms with E-state index in [4.69, 9.17) is 9.47 Å². The highest BCUT2D eigenvalue weighted by Crippen LogP contribution is 2.48. The van der Waals surface area contributed by atoms with E-state index in [2.05, 4.69) is 20.8 Å². The molecule has 2 atom stereocenters. The van der Waals surface area contributed by atoms with Crippen molar-refractivity contribution in [3.8, 4) is 0 Å². The Kier molecular flexibility index (Phi) is 6.50. The first-order valence-electron chi connectivity index (χ1n) is 7.51. The molecule has 17 heavy (non-hydrogen) atoms. The minimum Gasteiger partial charge on any atom is -0.350 e. The van der Waals surface area contributed by atoms with Crippen molar-refractivity contribution in [1.82, 2.24) is 0 Å². The summed E-state index contributed by atoms with van der Waals surface area (Å²) in [4.78, 5) is 0. The topological polar surface area (TPSA) is 21.8 Å². The number of unbranched alkanes of at least 4 members (excludes halogenated alkanes) is 2. The average Bonchev–Trinajstić information content (AvgIpc) is 3.11. The third kappa shape index (κ3) is 3.96. The van der Waals surface area contributed by atoms with Crippen molar-refractivity contribution in [1.29, 1.82) is 0 Å². The molecule has 0 saturated carbocycles. The van der Waals surface area contributed by atoms with E-state index in [9.17, 15) is 0 Å². The van der Waals surface area contributed by atoms with E-state index in [-0.39, 0.29) is 6.29 Å². The van der Waals surface area contributed by atoms with E-state index in [0.29, 0.717) is 11.5 Å². The zero-order valence-electron chi connectivity index (χ0n) is 12.1. The summed E-state index contributed by atoms with van der Waals surface area (Å²) in [5, 5.41) is 0. The molecule has 0 bridgehead atoms. The van der Waals surface area contributed by atoms with Gasteiger partial charge in [-0.25, -0.2) is 0 Å². The lowest BCUT2D eigenvalue weighted by Crippen LogP contribution is -2.29. The van der Waals surface area contributed by atoms with Crippen LogP contribution in [-0.2, 0) is 9.47 Å². The van der Waals surface area contributed by atoms with E-state index in [1.54, 1.807) is 0 Å². The third-order valence-electron chi connectivity index (χ3n) is 4.15. The number of epoxide rings is 1. The van der Waals surface area contributed by atoms with E-state index in [1.807, 2.05) is 6.92 Å². The van der Waals surface area contributed by atoms with Crippen LogP contribution in [0.4, 0.5) is 0 Å². The Bertz CT molecular complexity index is 195. The summed E-state index contributed by atoms with van der Waals surface area (Å²) < 4.78 is 11.4. The van der Waals surface area contributed by atoms with Crippen molar-refractivity contribution in [3.05, 3.63) is 0 Å². The zero-order chi connectivity index (χ0) is 12.7. The van der Waals surface area contributed by atoms with Crippen LogP contribution in [0.3, 0.4) is 0 Å². The van der Waals surface area contributed by atoms with Gasteiger partial charge in [-0.3, -0.25) is 0 Å². The first kappa shape index (κ1) is 15.0. The maximum atomic E-state index is 5.79. The van der Waals surface area contributed by atoms with E-state index in [1.165, 1.54) is 44.9 Å². The van der Waals surface area contributed by atoms with Gasteiger partial charge in [0.1, 0.15) is 6.10 Å². The van der Waals surface area contributed by atoms with Gasteiger partial charge < -0.3 is 9.47 Å². The van der Waals surface area contributed by atoms with Crippen molar-refractivity contribution < 1.29 is 9.47 Å². The van der Waals surface area contributed by atoms with Gasteiger partial charge in [-0.1, -0.05) is 46.5 Å². The first-order chi connectivity index (χ1) is 8.24. The van der Waals surface area contributed by atoms with Crippen LogP contribution in [0.15, 0.2) is 0 Å². The van der Waals surface area contributed by atoms with Gasteiger partial charge in [0.2, 0.25) is 0 Å². The van der Waals surface area contributed by atoms with Gasteiger partial charge in [-0.05, 0) is 26.2 Å². The van der Waals surface area contributed by atoms with Crippen molar-refractivity contribution >= 4 is 0 Å². The Balaban J connectivity index is 2.56. The molecule has 1 heterocycles. The maximum absolute atomic E-state index is 5.79. The molecule has 1 saturated heterocycles. The lowest BCUT2D eigenvalue weighted by Gasteiger charge is -2.31. The molecule has 0 aromatic heterocycles. The minimum absolute atomic E-state index is 0.0914. The number of rotatable bonds is 10. The summed E-state index contributed by atoms with van der Waals surface area (Å²) in [7, 11) is 0. The van der Waals surface area contributed by atoms with E-state index >= 15 is 0 Å². The number of hydrogen-bond donors (Lipinski definition) is 0. The number of hydrogen-bond acceptors (Lipinski definition) is 2. The molecule has 0 aliphatic carbocycles. The lowest BCUT2D eigenvalue weighted by molar-refractivity contribution is 0.0591. The molecule has 2 heteroatoms. The molecule has 0 aromatic rings. The van der Waals surface area contributed by atoms with Gasteiger partial charge in [0.05, 0.1) is 0 Å². The molecule has 0 amide bonds. The molecule has 102 valence electrons. The van der Waals surface area contributed by atoms with Crippen LogP contribution in [0.5, 0.6) is 0 Å². The molecular formula is C15H30O2. The summed E-state index contributed by atoms with van der Waals surface area (Å²) in [6.45, 7) is 9.67. The maximum Gasteiger partial charge on any atom is 0.184 e. The van der Waals surface area contributed by atoms with Crippen molar-refractivity contribution in [3.63, 3.8) is 0 Å². The summed E-state index contributed by atoms with van der Waals surface area (Å²) in [5.74, 6) is 0. The summed E-state index contributed by atoms with van der Waals surface area (Å²) in [6, 6.07) is 0. The second kappa shape index (κ2) is 7.38. The monoisotopic (exact) mass is 242 g/mol. The highest BCUT2D eigenvalue weighted by atomic mass is 16.8. The zero-order valence-corrected chi connectivity index (χ0v) is 12.1. The lowest BCUT2D eigenvalue weighted by atomic mass is 9.73. The fraction of sp³-hybridized carbons (Fsp3) is 1.00. The fourth-order valence-electron chi connectivity index (χ4n) is 2.85.